The predicted octanol–water partition coefficient (Wildman–Crippen LogP) is 4.15. The van der Waals surface area contributed by atoms with Crippen molar-refractivity contribution >= 4 is 5.78 Å². The Morgan fingerprint density at radius 2 is 2.12 bits per heavy atom. The van der Waals surface area contributed by atoms with Gasteiger partial charge in [-0.1, -0.05) is 38.5 Å². The zero-order valence-corrected chi connectivity index (χ0v) is 11.0. The Kier molecular flexibility index (Phi) is 4.52. The number of rotatable bonds is 5. The van der Waals surface area contributed by atoms with Crippen molar-refractivity contribution in [1.82, 2.24) is 0 Å². The first kappa shape index (κ1) is 13.2. The summed E-state index contributed by atoms with van der Waals surface area (Å²) in [6, 6.07) is 0. The van der Waals surface area contributed by atoms with Crippen molar-refractivity contribution in [3.05, 3.63) is 23.8 Å². The lowest BCUT2D eigenvalue weighted by Crippen LogP contribution is -2.14. The van der Waals surface area contributed by atoms with Crippen LogP contribution in [0.5, 0.6) is 0 Å². The second-order valence-electron chi connectivity index (χ2n) is 5.41. The van der Waals surface area contributed by atoms with E-state index in [1.165, 1.54) is 30.1 Å². The summed E-state index contributed by atoms with van der Waals surface area (Å²) in [4.78, 5) is 11.5. The molecule has 1 nitrogen and oxygen atoms in total. The van der Waals surface area contributed by atoms with E-state index in [0.717, 1.165) is 6.42 Å². The molecular weight excluding hydrogens is 196 g/mol. The Bertz CT molecular complexity index is 309. The van der Waals surface area contributed by atoms with E-state index < -0.39 is 0 Å². The monoisotopic (exact) mass is 220 g/mol. The maximum absolute atomic E-state index is 11.5. The zero-order chi connectivity index (χ0) is 12.3. The van der Waals surface area contributed by atoms with Gasteiger partial charge in [-0.25, -0.2) is 0 Å². The van der Waals surface area contributed by atoms with E-state index in [1.54, 1.807) is 0 Å². The highest BCUT2D eigenvalue weighted by molar-refractivity contribution is 5.91. The predicted molar refractivity (Wildman–Crippen MR) is 69.2 cm³/mol. The summed E-state index contributed by atoms with van der Waals surface area (Å²) in [5, 5.41) is 0. The average Bonchev–Trinajstić information content (AvgIpc) is 2.59. The van der Waals surface area contributed by atoms with Crippen LogP contribution in [0.2, 0.25) is 0 Å². The Labute approximate surface area is 99.6 Å². The highest BCUT2D eigenvalue weighted by Gasteiger charge is 2.27. The zero-order valence-electron chi connectivity index (χ0n) is 11.0. The van der Waals surface area contributed by atoms with Crippen LogP contribution in [-0.2, 0) is 4.79 Å². The van der Waals surface area contributed by atoms with Gasteiger partial charge in [0.15, 0.2) is 5.78 Å². The van der Waals surface area contributed by atoms with Gasteiger partial charge in [0.25, 0.3) is 0 Å². The van der Waals surface area contributed by atoms with Crippen molar-refractivity contribution in [2.75, 3.05) is 0 Å². The largest absolute Gasteiger partial charge is 0.295 e. The number of hydrogen-bond acceptors (Lipinski definition) is 1. The molecule has 2 unspecified atom stereocenters. The summed E-state index contributed by atoms with van der Waals surface area (Å²) in [6.45, 7) is 12.4. The van der Waals surface area contributed by atoms with Crippen LogP contribution in [0.4, 0.5) is 0 Å². The van der Waals surface area contributed by atoms with Crippen molar-refractivity contribution in [2.45, 2.75) is 47.0 Å². The van der Waals surface area contributed by atoms with Crippen LogP contribution in [0.25, 0.3) is 0 Å². The molecule has 1 aliphatic carbocycles. The Balaban J connectivity index is 2.74. The van der Waals surface area contributed by atoms with Crippen molar-refractivity contribution in [2.24, 2.45) is 17.8 Å². The Morgan fingerprint density at radius 3 is 2.62 bits per heavy atom. The minimum absolute atomic E-state index is 0.0989. The lowest BCUT2D eigenvalue weighted by atomic mass is 9.83. The Morgan fingerprint density at radius 1 is 1.50 bits per heavy atom. The van der Waals surface area contributed by atoms with Crippen molar-refractivity contribution in [3.8, 4) is 0 Å². The van der Waals surface area contributed by atoms with E-state index in [0.29, 0.717) is 11.8 Å². The molecule has 0 fully saturated rings. The first-order valence-electron chi connectivity index (χ1n) is 6.32. The number of carbonyl (C=O) groups excluding carboxylic acids is 1. The third-order valence-corrected chi connectivity index (χ3v) is 3.84. The van der Waals surface area contributed by atoms with Crippen LogP contribution in [0.15, 0.2) is 23.8 Å². The average molecular weight is 220 g/mol. The summed E-state index contributed by atoms with van der Waals surface area (Å²) < 4.78 is 0. The van der Waals surface area contributed by atoms with Gasteiger partial charge < -0.3 is 0 Å². The molecule has 0 bridgehead atoms. The normalized spacial score (nSPS) is 22.7. The van der Waals surface area contributed by atoms with Crippen LogP contribution in [0.1, 0.15) is 47.0 Å². The lowest BCUT2D eigenvalue weighted by molar-refractivity contribution is -0.117. The molecule has 0 amide bonds. The summed E-state index contributed by atoms with van der Waals surface area (Å²) in [7, 11) is 0. The standard InChI is InChI=1S/C15H24O/c1-6-15(16)12(5)9-14-11(4)7-8-13(14)10(2)3/h6,10,12-13H,1,7-9H2,2-5H3. The van der Waals surface area contributed by atoms with Crippen molar-refractivity contribution < 1.29 is 4.79 Å². The molecule has 90 valence electrons. The smallest absolute Gasteiger partial charge is 0.158 e. The van der Waals surface area contributed by atoms with Crippen LogP contribution in [-0.4, -0.2) is 5.78 Å². The molecular formula is C15H24O. The number of allylic oxidation sites excluding steroid dienone is 3. The summed E-state index contributed by atoms with van der Waals surface area (Å²) in [5.74, 6) is 1.66. The second kappa shape index (κ2) is 5.47. The second-order valence-corrected chi connectivity index (χ2v) is 5.41. The maximum atomic E-state index is 11.5. The van der Waals surface area contributed by atoms with Gasteiger partial charge in [0.1, 0.15) is 0 Å². The quantitative estimate of drug-likeness (QED) is 0.502. The number of carbonyl (C=O) groups is 1. The first-order chi connectivity index (χ1) is 7.47. The number of ketones is 1. The molecule has 0 aromatic carbocycles. The molecule has 1 aliphatic rings. The molecule has 0 heterocycles. The van der Waals surface area contributed by atoms with E-state index in [1.807, 2.05) is 6.92 Å². The molecule has 0 aromatic rings. The van der Waals surface area contributed by atoms with Gasteiger partial charge in [-0.2, -0.15) is 0 Å². The minimum Gasteiger partial charge on any atom is -0.295 e. The summed E-state index contributed by atoms with van der Waals surface area (Å²) in [6.07, 6.45) is 4.88. The molecule has 0 spiro atoms. The van der Waals surface area contributed by atoms with Gasteiger partial charge in [0.2, 0.25) is 0 Å². The van der Waals surface area contributed by atoms with Crippen molar-refractivity contribution in [3.63, 3.8) is 0 Å². The van der Waals surface area contributed by atoms with Crippen LogP contribution in [0, 0.1) is 17.8 Å². The highest BCUT2D eigenvalue weighted by Crippen LogP contribution is 2.39. The van der Waals surface area contributed by atoms with E-state index in [2.05, 4.69) is 27.4 Å². The highest BCUT2D eigenvalue weighted by atomic mass is 16.1. The molecule has 0 aliphatic heterocycles. The van der Waals surface area contributed by atoms with Gasteiger partial charge >= 0.3 is 0 Å². The van der Waals surface area contributed by atoms with Crippen molar-refractivity contribution in [1.29, 1.82) is 0 Å². The summed E-state index contributed by atoms with van der Waals surface area (Å²) in [5.41, 5.74) is 3.06. The fourth-order valence-corrected chi connectivity index (χ4v) is 2.72. The molecule has 16 heavy (non-hydrogen) atoms. The van der Waals surface area contributed by atoms with E-state index >= 15 is 0 Å². The van der Waals surface area contributed by atoms with Gasteiger partial charge in [0, 0.05) is 5.92 Å². The number of hydrogen-bond donors (Lipinski definition) is 0. The van der Waals surface area contributed by atoms with Gasteiger partial charge in [-0.15, -0.1) is 0 Å². The molecule has 0 aromatic heterocycles. The molecule has 1 rings (SSSR count). The molecule has 0 saturated carbocycles. The van der Waals surface area contributed by atoms with E-state index in [9.17, 15) is 4.79 Å². The van der Waals surface area contributed by atoms with Crippen LogP contribution < -0.4 is 0 Å². The van der Waals surface area contributed by atoms with Gasteiger partial charge in [-0.05, 0) is 44.1 Å². The third kappa shape index (κ3) is 2.84. The van der Waals surface area contributed by atoms with E-state index in [4.69, 9.17) is 0 Å². The third-order valence-electron chi connectivity index (χ3n) is 3.84. The topological polar surface area (TPSA) is 17.1 Å². The minimum atomic E-state index is 0.0989. The van der Waals surface area contributed by atoms with Gasteiger partial charge in [-0.3, -0.25) is 4.79 Å². The maximum Gasteiger partial charge on any atom is 0.158 e. The Hall–Kier alpha value is -0.850. The fraction of sp³-hybridized carbons (Fsp3) is 0.667. The van der Waals surface area contributed by atoms with E-state index in [-0.39, 0.29) is 11.7 Å². The van der Waals surface area contributed by atoms with Crippen LogP contribution >= 0.6 is 0 Å². The molecule has 0 N–H and O–H groups in total. The molecule has 1 heteroatoms. The van der Waals surface area contributed by atoms with Gasteiger partial charge in [0.05, 0.1) is 0 Å². The summed E-state index contributed by atoms with van der Waals surface area (Å²) >= 11 is 0. The molecule has 0 saturated heterocycles. The van der Waals surface area contributed by atoms with Crippen LogP contribution in [0.3, 0.4) is 0 Å². The molecule has 2 atom stereocenters. The SMILES string of the molecule is C=CC(=O)C(C)CC1=C(C)CCC1C(C)C. The lowest BCUT2D eigenvalue weighted by Gasteiger charge is -2.21. The first-order valence-corrected chi connectivity index (χ1v) is 6.32. The molecule has 0 radical (unpaired) electrons. The fourth-order valence-electron chi connectivity index (χ4n) is 2.72.